The van der Waals surface area contributed by atoms with Crippen molar-refractivity contribution >= 4 is 16.8 Å². The van der Waals surface area contributed by atoms with Gasteiger partial charge in [0.05, 0.1) is 11.6 Å². The molecule has 0 spiro atoms. The van der Waals surface area contributed by atoms with Crippen LogP contribution in [0, 0.1) is 6.92 Å². The molecule has 0 aliphatic heterocycles. The minimum Gasteiger partial charge on any atom is -0.355 e. The largest absolute Gasteiger partial charge is 0.355 e. The van der Waals surface area contributed by atoms with E-state index in [2.05, 4.69) is 27.8 Å². The SMILES string of the molecule is CCNC(=O)C(C)NCc1ccc2nc(C)ccc2c1. The summed E-state index contributed by atoms with van der Waals surface area (Å²) >= 11 is 0. The van der Waals surface area contributed by atoms with Crippen molar-refractivity contribution in [3.63, 3.8) is 0 Å². The van der Waals surface area contributed by atoms with Crippen LogP contribution in [0.25, 0.3) is 10.9 Å². The summed E-state index contributed by atoms with van der Waals surface area (Å²) in [6.45, 7) is 7.11. The minimum atomic E-state index is -0.193. The molecule has 4 heteroatoms. The number of fused-ring (bicyclic) bond motifs is 1. The van der Waals surface area contributed by atoms with Gasteiger partial charge in [0.25, 0.3) is 0 Å². The number of rotatable bonds is 5. The molecule has 1 heterocycles. The molecule has 1 aromatic heterocycles. The molecule has 1 aromatic carbocycles. The number of likely N-dealkylation sites (N-methyl/N-ethyl adjacent to an activating group) is 1. The fourth-order valence-electron chi connectivity index (χ4n) is 2.08. The van der Waals surface area contributed by atoms with Crippen molar-refractivity contribution in [1.29, 1.82) is 0 Å². The molecule has 1 atom stereocenters. The molecule has 0 saturated heterocycles. The topological polar surface area (TPSA) is 54.0 Å². The van der Waals surface area contributed by atoms with E-state index >= 15 is 0 Å². The Hall–Kier alpha value is -1.94. The number of aryl methyl sites for hydroxylation is 1. The lowest BCUT2D eigenvalue weighted by Crippen LogP contribution is -2.41. The van der Waals surface area contributed by atoms with E-state index in [1.54, 1.807) is 0 Å². The molecule has 20 heavy (non-hydrogen) atoms. The van der Waals surface area contributed by atoms with Crippen molar-refractivity contribution in [2.24, 2.45) is 0 Å². The Morgan fingerprint density at radius 3 is 2.85 bits per heavy atom. The van der Waals surface area contributed by atoms with Crippen LogP contribution in [0.1, 0.15) is 25.1 Å². The Morgan fingerprint density at radius 2 is 2.10 bits per heavy atom. The van der Waals surface area contributed by atoms with Crippen LogP contribution in [0.4, 0.5) is 0 Å². The quantitative estimate of drug-likeness (QED) is 0.876. The summed E-state index contributed by atoms with van der Waals surface area (Å²) < 4.78 is 0. The molecular formula is C16H21N3O. The predicted molar refractivity (Wildman–Crippen MR) is 81.5 cm³/mol. The molecule has 1 amide bonds. The lowest BCUT2D eigenvalue weighted by molar-refractivity contribution is -0.122. The van der Waals surface area contributed by atoms with Crippen molar-refractivity contribution in [2.75, 3.05) is 6.54 Å². The van der Waals surface area contributed by atoms with Gasteiger partial charge in [0.15, 0.2) is 0 Å². The van der Waals surface area contributed by atoms with Gasteiger partial charge >= 0.3 is 0 Å². The number of amides is 1. The zero-order valence-corrected chi connectivity index (χ0v) is 12.2. The summed E-state index contributed by atoms with van der Waals surface area (Å²) in [4.78, 5) is 16.1. The van der Waals surface area contributed by atoms with Crippen molar-refractivity contribution < 1.29 is 4.79 Å². The standard InChI is InChI=1S/C16H21N3O/c1-4-17-16(20)12(3)18-10-13-6-8-15-14(9-13)7-5-11(2)19-15/h5-9,12,18H,4,10H2,1-3H3,(H,17,20). The van der Waals surface area contributed by atoms with Crippen LogP contribution >= 0.6 is 0 Å². The number of nitrogens with one attached hydrogen (secondary N) is 2. The highest BCUT2D eigenvalue weighted by molar-refractivity contribution is 5.81. The van der Waals surface area contributed by atoms with Crippen LogP contribution < -0.4 is 10.6 Å². The van der Waals surface area contributed by atoms with Gasteiger partial charge in [-0.25, -0.2) is 0 Å². The number of aromatic nitrogens is 1. The van der Waals surface area contributed by atoms with Crippen LogP contribution in [-0.4, -0.2) is 23.5 Å². The van der Waals surface area contributed by atoms with E-state index in [0.29, 0.717) is 13.1 Å². The smallest absolute Gasteiger partial charge is 0.236 e. The second-order valence-electron chi connectivity index (χ2n) is 4.98. The Bertz CT molecular complexity index is 610. The van der Waals surface area contributed by atoms with Gasteiger partial charge in [0, 0.05) is 24.2 Å². The molecule has 4 nitrogen and oxygen atoms in total. The van der Waals surface area contributed by atoms with E-state index < -0.39 is 0 Å². The molecule has 2 N–H and O–H groups in total. The summed E-state index contributed by atoms with van der Waals surface area (Å²) in [7, 11) is 0. The Labute approximate surface area is 119 Å². The van der Waals surface area contributed by atoms with Crippen LogP contribution in [0.2, 0.25) is 0 Å². The van der Waals surface area contributed by atoms with E-state index in [9.17, 15) is 4.79 Å². The monoisotopic (exact) mass is 271 g/mol. The molecule has 1 unspecified atom stereocenters. The zero-order chi connectivity index (χ0) is 14.5. The fraction of sp³-hybridized carbons (Fsp3) is 0.375. The van der Waals surface area contributed by atoms with Gasteiger partial charge in [0.2, 0.25) is 5.91 Å². The lowest BCUT2D eigenvalue weighted by atomic mass is 10.1. The van der Waals surface area contributed by atoms with Crippen LogP contribution in [0.3, 0.4) is 0 Å². The maximum Gasteiger partial charge on any atom is 0.236 e. The van der Waals surface area contributed by atoms with Gasteiger partial charge < -0.3 is 10.6 Å². The van der Waals surface area contributed by atoms with E-state index in [1.807, 2.05) is 39.0 Å². The molecule has 0 aliphatic rings. The zero-order valence-electron chi connectivity index (χ0n) is 12.2. The second-order valence-corrected chi connectivity index (χ2v) is 4.98. The van der Waals surface area contributed by atoms with Gasteiger partial charge in [0.1, 0.15) is 0 Å². The summed E-state index contributed by atoms with van der Waals surface area (Å²) in [5.41, 5.74) is 3.18. The average Bonchev–Trinajstić information content (AvgIpc) is 2.44. The molecule has 0 fully saturated rings. The highest BCUT2D eigenvalue weighted by Gasteiger charge is 2.10. The van der Waals surface area contributed by atoms with Crippen molar-refractivity contribution in [1.82, 2.24) is 15.6 Å². The lowest BCUT2D eigenvalue weighted by Gasteiger charge is -2.13. The predicted octanol–water partition coefficient (Wildman–Crippen LogP) is 2.16. The highest BCUT2D eigenvalue weighted by atomic mass is 16.2. The third kappa shape index (κ3) is 3.54. The van der Waals surface area contributed by atoms with E-state index in [-0.39, 0.29) is 11.9 Å². The molecule has 2 rings (SSSR count). The second kappa shape index (κ2) is 6.48. The molecular weight excluding hydrogens is 250 g/mol. The van der Waals surface area contributed by atoms with Crippen molar-refractivity contribution in [2.45, 2.75) is 33.4 Å². The summed E-state index contributed by atoms with van der Waals surface area (Å²) in [5, 5.41) is 7.16. The molecule has 2 aromatic rings. The molecule has 0 radical (unpaired) electrons. The molecule has 0 bridgehead atoms. The number of carbonyl (C=O) groups is 1. The Kier molecular flexibility index (Phi) is 4.69. The van der Waals surface area contributed by atoms with Gasteiger partial charge in [-0.3, -0.25) is 9.78 Å². The first-order valence-corrected chi connectivity index (χ1v) is 6.97. The average molecular weight is 271 g/mol. The molecule has 106 valence electrons. The van der Waals surface area contributed by atoms with Crippen molar-refractivity contribution in [3.05, 3.63) is 41.6 Å². The number of benzene rings is 1. The van der Waals surface area contributed by atoms with Crippen LogP contribution in [-0.2, 0) is 11.3 Å². The molecule has 0 aliphatic carbocycles. The first kappa shape index (κ1) is 14.5. The number of hydrogen-bond donors (Lipinski definition) is 2. The third-order valence-corrected chi connectivity index (χ3v) is 3.25. The first-order chi connectivity index (χ1) is 9.60. The summed E-state index contributed by atoms with van der Waals surface area (Å²) in [6.07, 6.45) is 0. The summed E-state index contributed by atoms with van der Waals surface area (Å²) in [5.74, 6) is 0.0329. The maximum atomic E-state index is 11.6. The molecule has 0 saturated carbocycles. The van der Waals surface area contributed by atoms with Gasteiger partial charge in [-0.15, -0.1) is 0 Å². The van der Waals surface area contributed by atoms with Gasteiger partial charge in [-0.2, -0.15) is 0 Å². The normalized spacial score (nSPS) is 12.3. The third-order valence-electron chi connectivity index (χ3n) is 3.25. The van der Waals surface area contributed by atoms with Gasteiger partial charge in [-0.1, -0.05) is 12.1 Å². The van der Waals surface area contributed by atoms with E-state index in [4.69, 9.17) is 0 Å². The van der Waals surface area contributed by atoms with Crippen LogP contribution in [0.5, 0.6) is 0 Å². The van der Waals surface area contributed by atoms with Crippen LogP contribution in [0.15, 0.2) is 30.3 Å². The fourth-order valence-corrected chi connectivity index (χ4v) is 2.08. The number of nitrogens with zero attached hydrogens (tertiary/aromatic N) is 1. The number of hydrogen-bond acceptors (Lipinski definition) is 3. The van der Waals surface area contributed by atoms with E-state index in [0.717, 1.165) is 22.2 Å². The Morgan fingerprint density at radius 1 is 1.30 bits per heavy atom. The van der Waals surface area contributed by atoms with E-state index in [1.165, 1.54) is 0 Å². The summed E-state index contributed by atoms with van der Waals surface area (Å²) in [6, 6.07) is 10.1. The van der Waals surface area contributed by atoms with Gasteiger partial charge in [-0.05, 0) is 44.5 Å². The number of pyridine rings is 1. The first-order valence-electron chi connectivity index (χ1n) is 6.97. The Balaban J connectivity index is 2.03. The number of carbonyl (C=O) groups excluding carboxylic acids is 1. The highest BCUT2D eigenvalue weighted by Crippen LogP contribution is 2.14. The maximum absolute atomic E-state index is 11.6. The minimum absolute atomic E-state index is 0.0329. The van der Waals surface area contributed by atoms with Crippen molar-refractivity contribution in [3.8, 4) is 0 Å².